The molecule has 40 heavy (non-hydrogen) atoms. The van der Waals surface area contributed by atoms with Gasteiger partial charge in [0.25, 0.3) is 0 Å². The van der Waals surface area contributed by atoms with E-state index in [0.29, 0.717) is 30.4 Å². The number of amidine groups is 1. The summed E-state index contributed by atoms with van der Waals surface area (Å²) in [5.74, 6) is -4.36. The molecule has 1 aromatic carbocycles. The molecule has 1 aromatic rings. The zero-order valence-corrected chi connectivity index (χ0v) is 23.2. The Morgan fingerprint density at radius 3 is 2.17 bits per heavy atom. The second kappa shape index (κ2) is 15.4. The molecule has 0 bridgehead atoms. The number of amides is 3. The van der Waals surface area contributed by atoms with Crippen LogP contribution >= 0.6 is 0 Å². The van der Waals surface area contributed by atoms with E-state index < -0.39 is 41.7 Å². The largest absolute Gasteiger partial charge is 0.480 e. The lowest BCUT2D eigenvalue weighted by atomic mass is 9.83. The van der Waals surface area contributed by atoms with Crippen LogP contribution in [-0.2, 0) is 25.6 Å². The van der Waals surface area contributed by atoms with Gasteiger partial charge in [-0.3, -0.25) is 24.8 Å². The summed E-state index contributed by atoms with van der Waals surface area (Å²) in [6.07, 6.45) is 4.67. The van der Waals surface area contributed by atoms with Crippen LogP contribution in [0.3, 0.4) is 0 Å². The molecule has 3 amide bonds. The van der Waals surface area contributed by atoms with Gasteiger partial charge in [0.1, 0.15) is 23.8 Å². The number of carbonyl (C=O) groups is 4. The number of guanidine groups is 1. The molecule has 220 valence electrons. The molecule has 10 N–H and O–H groups in total. The summed E-state index contributed by atoms with van der Waals surface area (Å²) in [5, 5.41) is 22.6. The van der Waals surface area contributed by atoms with Gasteiger partial charge in [-0.1, -0.05) is 43.5 Å². The number of rotatable bonds is 14. The first-order chi connectivity index (χ1) is 18.9. The lowest BCUT2D eigenvalue weighted by molar-refractivity contribution is -0.143. The quantitative estimate of drug-likeness (QED) is 0.0704. The van der Waals surface area contributed by atoms with E-state index in [1.165, 1.54) is 4.90 Å². The van der Waals surface area contributed by atoms with Gasteiger partial charge in [-0.25, -0.2) is 4.79 Å². The van der Waals surface area contributed by atoms with Crippen molar-refractivity contribution in [2.45, 2.75) is 63.5 Å². The minimum atomic E-state index is -1.21. The summed E-state index contributed by atoms with van der Waals surface area (Å²) >= 11 is 0. The Labute approximate surface area is 234 Å². The number of hydrogen-bond donors (Lipinski definition) is 7. The molecule has 1 aliphatic carbocycles. The summed E-state index contributed by atoms with van der Waals surface area (Å²) in [6.45, 7) is 0.215. The zero-order chi connectivity index (χ0) is 29.8. The zero-order valence-electron chi connectivity index (χ0n) is 23.2. The number of nitrogens with one attached hydrogen (secondary N) is 3. The fourth-order valence-electron chi connectivity index (χ4n) is 4.80. The molecule has 0 spiro atoms. The van der Waals surface area contributed by atoms with Crippen LogP contribution in [0.25, 0.3) is 0 Å². The number of nitrogens with zero attached hydrogens (tertiary/aromatic N) is 2. The summed E-state index contributed by atoms with van der Waals surface area (Å²) in [4.78, 5) is 57.1. The molecule has 0 aliphatic heterocycles. The number of nitrogens with two attached hydrogens (primary N) is 3. The van der Waals surface area contributed by atoms with E-state index in [9.17, 15) is 24.3 Å². The third-order valence-corrected chi connectivity index (χ3v) is 7.02. The monoisotopic (exact) mass is 558 g/mol. The van der Waals surface area contributed by atoms with E-state index in [2.05, 4.69) is 15.6 Å². The fourth-order valence-corrected chi connectivity index (χ4v) is 4.80. The molecule has 13 heteroatoms. The van der Waals surface area contributed by atoms with Gasteiger partial charge < -0.3 is 37.8 Å². The standard InChI is InChI=1S/C27H42N8O5/c1-35(2)25(38)19(15-16-10-12-18(13-11-16)22(28)29)23(36)34-21(17-7-4-3-5-8-17)24(37)33-20(26(39)40)9-6-14-32-27(30)31/h10-13,17,19-21H,3-9,14-15H2,1-2H3,(H3,28,29)(H,33,37)(H,34,36)(H,39,40)(H4,30,31,32)/t19?,20-,21-/m0/s1. The van der Waals surface area contributed by atoms with Crippen LogP contribution in [-0.4, -0.2) is 78.2 Å². The highest BCUT2D eigenvalue weighted by Crippen LogP contribution is 2.27. The number of hydrogen-bond acceptors (Lipinski definition) is 6. The molecule has 0 aromatic heterocycles. The predicted octanol–water partition coefficient (Wildman–Crippen LogP) is -0.0943. The highest BCUT2D eigenvalue weighted by Gasteiger charge is 2.37. The van der Waals surface area contributed by atoms with Crippen LogP contribution in [0.2, 0.25) is 0 Å². The normalized spacial score (nSPS) is 15.7. The van der Waals surface area contributed by atoms with Gasteiger partial charge in [0.15, 0.2) is 5.96 Å². The number of benzene rings is 1. The highest BCUT2D eigenvalue weighted by atomic mass is 16.4. The smallest absolute Gasteiger partial charge is 0.326 e. The number of nitrogen functional groups attached to an aromatic ring is 1. The summed E-state index contributed by atoms with van der Waals surface area (Å²) < 4.78 is 0. The maximum Gasteiger partial charge on any atom is 0.326 e. The van der Waals surface area contributed by atoms with Crippen molar-refractivity contribution in [3.63, 3.8) is 0 Å². The van der Waals surface area contributed by atoms with Crippen molar-refractivity contribution in [3.8, 4) is 0 Å². The molecule has 1 fully saturated rings. The Kier molecular flexibility index (Phi) is 12.4. The third-order valence-electron chi connectivity index (χ3n) is 7.02. The minimum absolute atomic E-state index is 0.0720. The van der Waals surface area contributed by atoms with E-state index in [4.69, 9.17) is 22.6 Å². The second-order valence-corrected chi connectivity index (χ2v) is 10.3. The Hall–Kier alpha value is -4.16. The molecule has 1 unspecified atom stereocenters. The van der Waals surface area contributed by atoms with Crippen molar-refractivity contribution in [1.82, 2.24) is 15.5 Å². The van der Waals surface area contributed by atoms with E-state index >= 15 is 0 Å². The molecular formula is C27H42N8O5. The van der Waals surface area contributed by atoms with Crippen LogP contribution in [0.1, 0.15) is 56.1 Å². The van der Waals surface area contributed by atoms with E-state index in [1.54, 1.807) is 38.4 Å². The fraction of sp³-hybridized carbons (Fsp3) is 0.556. The average Bonchev–Trinajstić information content (AvgIpc) is 2.91. The Morgan fingerprint density at radius 2 is 1.65 bits per heavy atom. The molecule has 1 aliphatic rings. The summed E-state index contributed by atoms with van der Waals surface area (Å²) in [5.41, 5.74) is 17.3. The molecule has 0 saturated heterocycles. The van der Waals surface area contributed by atoms with E-state index in [1.807, 2.05) is 0 Å². The van der Waals surface area contributed by atoms with Crippen LogP contribution in [0, 0.1) is 17.2 Å². The molecule has 2 rings (SSSR count). The Morgan fingerprint density at radius 1 is 1.02 bits per heavy atom. The molecule has 0 heterocycles. The first-order valence-electron chi connectivity index (χ1n) is 13.4. The summed E-state index contributed by atoms with van der Waals surface area (Å²) in [7, 11) is 3.10. The number of aliphatic carboxylic acids is 1. The van der Waals surface area contributed by atoms with Crippen LogP contribution in [0.4, 0.5) is 0 Å². The maximum absolute atomic E-state index is 13.6. The first kappa shape index (κ1) is 32.1. The lowest BCUT2D eigenvalue weighted by Gasteiger charge is -2.32. The Balaban J connectivity index is 2.25. The highest BCUT2D eigenvalue weighted by molar-refractivity contribution is 6.02. The first-order valence-corrected chi connectivity index (χ1v) is 13.4. The number of carboxylic acid groups (broad SMARTS) is 1. The third kappa shape index (κ3) is 9.86. The van der Waals surface area contributed by atoms with Gasteiger partial charge in [0, 0.05) is 26.2 Å². The predicted molar refractivity (Wildman–Crippen MR) is 151 cm³/mol. The van der Waals surface area contributed by atoms with Crippen LogP contribution < -0.4 is 27.8 Å². The van der Waals surface area contributed by atoms with Crippen molar-refractivity contribution in [2.24, 2.45) is 34.0 Å². The topological polar surface area (TPSA) is 230 Å². The van der Waals surface area contributed by atoms with E-state index in [0.717, 1.165) is 19.3 Å². The number of carboxylic acids is 1. The molecule has 0 radical (unpaired) electrons. The second-order valence-electron chi connectivity index (χ2n) is 10.3. The van der Waals surface area contributed by atoms with Crippen molar-refractivity contribution >= 4 is 35.5 Å². The van der Waals surface area contributed by atoms with Gasteiger partial charge >= 0.3 is 5.97 Å². The minimum Gasteiger partial charge on any atom is -0.480 e. The molecule has 3 atom stereocenters. The number of aliphatic imine (C=N–C) groups is 1. The van der Waals surface area contributed by atoms with Gasteiger partial charge in [0.2, 0.25) is 17.7 Å². The summed E-state index contributed by atoms with van der Waals surface area (Å²) in [6, 6.07) is 4.50. The van der Waals surface area contributed by atoms with Gasteiger partial charge in [0.05, 0.1) is 0 Å². The number of carbonyl (C=O) groups excluding carboxylic acids is 3. The van der Waals surface area contributed by atoms with Crippen LogP contribution in [0.5, 0.6) is 0 Å². The molecular weight excluding hydrogens is 516 g/mol. The van der Waals surface area contributed by atoms with E-state index in [-0.39, 0.29) is 37.1 Å². The van der Waals surface area contributed by atoms with Crippen molar-refractivity contribution in [2.75, 3.05) is 20.6 Å². The average molecular weight is 559 g/mol. The molecule has 13 nitrogen and oxygen atoms in total. The van der Waals surface area contributed by atoms with Gasteiger partial charge in [-0.15, -0.1) is 0 Å². The Bertz CT molecular complexity index is 1080. The van der Waals surface area contributed by atoms with Gasteiger partial charge in [-0.05, 0) is 43.6 Å². The van der Waals surface area contributed by atoms with Gasteiger partial charge in [-0.2, -0.15) is 0 Å². The van der Waals surface area contributed by atoms with Crippen molar-refractivity contribution in [3.05, 3.63) is 35.4 Å². The molecule has 1 saturated carbocycles. The van der Waals surface area contributed by atoms with Crippen molar-refractivity contribution < 1.29 is 24.3 Å². The van der Waals surface area contributed by atoms with Crippen LogP contribution in [0.15, 0.2) is 29.3 Å². The SMILES string of the molecule is CN(C)C(=O)C(Cc1ccc(C(=N)N)cc1)C(=O)N[C@H](C(=O)N[C@@H](CCCN=C(N)N)C(=O)O)C1CCCCC1. The van der Waals surface area contributed by atoms with Crippen molar-refractivity contribution in [1.29, 1.82) is 5.41 Å². The maximum atomic E-state index is 13.6. The lowest BCUT2D eigenvalue weighted by Crippen LogP contribution is -2.57.